The number of ether oxygens (including phenoxy) is 1. The van der Waals surface area contributed by atoms with Gasteiger partial charge in [0, 0.05) is 11.3 Å². The topological polar surface area (TPSA) is 101 Å². The number of hydrogen-bond acceptors (Lipinski definition) is 7. The Bertz CT molecular complexity index is 1150. The van der Waals surface area contributed by atoms with Crippen LogP contribution in [-0.4, -0.2) is 43.0 Å². The van der Waals surface area contributed by atoms with Crippen molar-refractivity contribution in [3.63, 3.8) is 0 Å². The minimum atomic E-state index is -3.87. The molecule has 0 saturated heterocycles. The van der Waals surface area contributed by atoms with Crippen molar-refractivity contribution in [1.82, 2.24) is 9.97 Å². The summed E-state index contributed by atoms with van der Waals surface area (Å²) in [6.07, 6.45) is 3.59. The molecule has 2 aromatic carbocycles. The standard InChI is InChI=1S/C23H27N3O4S2/c1-16(2)17-8-10-19(11-9-17)32(28,29)26-22-20(23(25-15-24-22)30-13-12-27)14-18-6-4-5-7-21(18)31-3/h4-11,15-16,27H,12-14H2,1-3H3,(H,24,25,26). The van der Waals surface area contributed by atoms with Gasteiger partial charge in [-0.25, -0.2) is 18.4 Å². The molecule has 9 heteroatoms. The minimum Gasteiger partial charge on any atom is -0.475 e. The van der Waals surface area contributed by atoms with Gasteiger partial charge in [0.25, 0.3) is 10.0 Å². The van der Waals surface area contributed by atoms with Crippen LogP contribution >= 0.6 is 11.8 Å². The van der Waals surface area contributed by atoms with Crippen LogP contribution in [0, 0.1) is 0 Å². The summed E-state index contributed by atoms with van der Waals surface area (Å²) >= 11 is 1.60. The van der Waals surface area contributed by atoms with Crippen LogP contribution in [0.25, 0.3) is 0 Å². The highest BCUT2D eigenvalue weighted by atomic mass is 32.2. The Hall–Kier alpha value is -2.62. The Labute approximate surface area is 193 Å². The van der Waals surface area contributed by atoms with Gasteiger partial charge < -0.3 is 9.84 Å². The Morgan fingerprint density at radius 2 is 1.81 bits per heavy atom. The van der Waals surface area contributed by atoms with E-state index < -0.39 is 10.0 Å². The van der Waals surface area contributed by atoms with Crippen molar-refractivity contribution < 1.29 is 18.3 Å². The molecule has 0 fully saturated rings. The van der Waals surface area contributed by atoms with Gasteiger partial charge in [0.05, 0.1) is 17.1 Å². The minimum absolute atomic E-state index is 0.0387. The van der Waals surface area contributed by atoms with Crippen LogP contribution in [0.3, 0.4) is 0 Å². The smallest absolute Gasteiger partial charge is 0.263 e. The number of hydrogen-bond donors (Lipinski definition) is 2. The monoisotopic (exact) mass is 473 g/mol. The number of benzene rings is 2. The van der Waals surface area contributed by atoms with Crippen LogP contribution in [0.5, 0.6) is 5.88 Å². The van der Waals surface area contributed by atoms with Crippen LogP contribution in [0.15, 0.2) is 64.6 Å². The molecule has 3 rings (SSSR count). The number of thioether (sulfide) groups is 1. The number of rotatable bonds is 10. The fourth-order valence-corrected chi connectivity index (χ4v) is 4.83. The second-order valence-electron chi connectivity index (χ2n) is 7.40. The first kappa shape index (κ1) is 24.0. The number of anilines is 1. The first-order chi connectivity index (χ1) is 15.4. The lowest BCUT2D eigenvalue weighted by atomic mass is 10.0. The van der Waals surface area contributed by atoms with E-state index in [0.717, 1.165) is 16.0 Å². The zero-order valence-electron chi connectivity index (χ0n) is 18.3. The molecule has 0 spiro atoms. The van der Waals surface area contributed by atoms with Crippen LogP contribution in [0.2, 0.25) is 0 Å². The Kier molecular flexibility index (Phi) is 8.11. The van der Waals surface area contributed by atoms with Crippen LogP contribution in [0.4, 0.5) is 5.82 Å². The van der Waals surface area contributed by atoms with Crippen molar-refractivity contribution in [2.45, 2.75) is 36.0 Å². The van der Waals surface area contributed by atoms with Gasteiger partial charge in [0.15, 0.2) is 5.82 Å². The zero-order valence-corrected chi connectivity index (χ0v) is 19.9. The van der Waals surface area contributed by atoms with E-state index in [-0.39, 0.29) is 29.8 Å². The summed E-state index contributed by atoms with van der Waals surface area (Å²) in [6.45, 7) is 3.95. The summed E-state index contributed by atoms with van der Waals surface area (Å²) < 4.78 is 34.3. The molecule has 2 N–H and O–H groups in total. The lowest BCUT2D eigenvalue weighted by Crippen LogP contribution is -2.17. The summed E-state index contributed by atoms with van der Waals surface area (Å²) in [5.41, 5.74) is 2.55. The SMILES string of the molecule is CSc1ccccc1Cc1c(NS(=O)(=O)c2ccc(C(C)C)cc2)ncnc1OCCO. The molecule has 1 heterocycles. The van der Waals surface area contributed by atoms with E-state index in [1.54, 1.807) is 23.9 Å². The normalized spacial score (nSPS) is 11.5. The molecule has 0 atom stereocenters. The number of nitrogens with one attached hydrogen (secondary N) is 1. The van der Waals surface area contributed by atoms with Crippen molar-refractivity contribution in [1.29, 1.82) is 0 Å². The highest BCUT2D eigenvalue weighted by molar-refractivity contribution is 7.98. The molecule has 32 heavy (non-hydrogen) atoms. The van der Waals surface area contributed by atoms with Gasteiger partial charge >= 0.3 is 0 Å². The Morgan fingerprint density at radius 3 is 2.47 bits per heavy atom. The fourth-order valence-electron chi connectivity index (χ4n) is 3.17. The Balaban J connectivity index is 1.99. The van der Waals surface area contributed by atoms with Gasteiger partial charge in [-0.3, -0.25) is 4.72 Å². The molecule has 0 saturated carbocycles. The predicted octanol–water partition coefficient (Wildman–Crippen LogP) is 4.08. The summed E-state index contributed by atoms with van der Waals surface area (Å²) in [6, 6.07) is 14.6. The number of aliphatic hydroxyl groups is 1. The molecule has 0 radical (unpaired) electrons. The Morgan fingerprint density at radius 1 is 1.09 bits per heavy atom. The molecule has 1 aromatic heterocycles. The molecule has 0 aliphatic rings. The van der Waals surface area contributed by atoms with Crippen molar-refractivity contribution in [3.8, 4) is 5.88 Å². The van der Waals surface area contributed by atoms with E-state index in [1.165, 1.54) is 6.33 Å². The molecular formula is C23H27N3O4S2. The van der Waals surface area contributed by atoms with Gasteiger partial charge in [-0.15, -0.1) is 11.8 Å². The molecule has 7 nitrogen and oxygen atoms in total. The lowest BCUT2D eigenvalue weighted by Gasteiger charge is -2.16. The third-order valence-electron chi connectivity index (χ3n) is 4.88. The van der Waals surface area contributed by atoms with Crippen molar-refractivity contribution >= 4 is 27.6 Å². The van der Waals surface area contributed by atoms with Crippen molar-refractivity contribution in [2.24, 2.45) is 0 Å². The number of sulfonamides is 1. The third kappa shape index (κ3) is 5.79. The van der Waals surface area contributed by atoms with E-state index in [4.69, 9.17) is 4.74 Å². The zero-order chi connectivity index (χ0) is 23.1. The molecular weight excluding hydrogens is 446 g/mol. The second kappa shape index (κ2) is 10.8. The van der Waals surface area contributed by atoms with E-state index in [9.17, 15) is 13.5 Å². The second-order valence-corrected chi connectivity index (χ2v) is 9.93. The van der Waals surface area contributed by atoms with Crippen LogP contribution in [0.1, 0.15) is 36.5 Å². The number of aliphatic hydroxyl groups excluding tert-OH is 1. The maximum Gasteiger partial charge on any atom is 0.263 e. The molecule has 0 aliphatic heterocycles. The first-order valence-electron chi connectivity index (χ1n) is 10.2. The number of aromatic nitrogens is 2. The molecule has 0 unspecified atom stereocenters. The largest absolute Gasteiger partial charge is 0.475 e. The maximum absolute atomic E-state index is 13.1. The summed E-state index contributed by atoms with van der Waals surface area (Å²) in [5, 5.41) is 9.17. The van der Waals surface area contributed by atoms with Gasteiger partial charge in [-0.05, 0) is 41.5 Å². The van der Waals surface area contributed by atoms with Gasteiger partial charge in [0.2, 0.25) is 5.88 Å². The highest BCUT2D eigenvalue weighted by Gasteiger charge is 2.21. The van der Waals surface area contributed by atoms with Crippen molar-refractivity contribution in [3.05, 3.63) is 71.5 Å². The fraction of sp³-hybridized carbons (Fsp3) is 0.304. The lowest BCUT2D eigenvalue weighted by molar-refractivity contribution is 0.195. The number of nitrogens with zero attached hydrogens (tertiary/aromatic N) is 2. The average molecular weight is 474 g/mol. The van der Waals surface area contributed by atoms with E-state index in [1.807, 2.05) is 42.7 Å². The van der Waals surface area contributed by atoms with Gasteiger partial charge in [-0.1, -0.05) is 44.2 Å². The summed E-state index contributed by atoms with van der Waals surface area (Å²) in [7, 11) is -3.87. The van der Waals surface area contributed by atoms with Gasteiger partial charge in [-0.2, -0.15) is 0 Å². The molecule has 0 aliphatic carbocycles. The predicted molar refractivity (Wildman–Crippen MR) is 127 cm³/mol. The highest BCUT2D eigenvalue weighted by Crippen LogP contribution is 2.30. The molecule has 170 valence electrons. The van der Waals surface area contributed by atoms with E-state index in [2.05, 4.69) is 28.5 Å². The first-order valence-corrected chi connectivity index (χ1v) is 12.9. The van der Waals surface area contributed by atoms with E-state index in [0.29, 0.717) is 17.9 Å². The molecule has 0 bridgehead atoms. The average Bonchev–Trinajstić information content (AvgIpc) is 2.79. The third-order valence-corrected chi connectivity index (χ3v) is 7.08. The quantitative estimate of drug-likeness (QED) is 0.428. The van der Waals surface area contributed by atoms with Gasteiger partial charge in [0.1, 0.15) is 12.9 Å². The van der Waals surface area contributed by atoms with E-state index >= 15 is 0 Å². The molecule has 0 amide bonds. The van der Waals surface area contributed by atoms with Crippen LogP contribution in [-0.2, 0) is 16.4 Å². The maximum atomic E-state index is 13.1. The van der Waals surface area contributed by atoms with Crippen LogP contribution < -0.4 is 9.46 Å². The van der Waals surface area contributed by atoms with Crippen molar-refractivity contribution in [2.75, 3.05) is 24.2 Å². The summed E-state index contributed by atoms with van der Waals surface area (Å²) in [5.74, 6) is 0.686. The summed E-state index contributed by atoms with van der Waals surface area (Å²) in [4.78, 5) is 9.59. The molecule has 3 aromatic rings.